The number of benzene rings is 1. The topological polar surface area (TPSA) is 20.2 Å². The van der Waals surface area contributed by atoms with Crippen molar-refractivity contribution >= 4 is 21.2 Å². The van der Waals surface area contributed by atoms with Crippen molar-refractivity contribution < 1.29 is 5.11 Å². The summed E-state index contributed by atoms with van der Waals surface area (Å²) in [4.78, 5) is 0. The van der Waals surface area contributed by atoms with E-state index in [0.29, 0.717) is 0 Å². The molecule has 2 unspecified atom stereocenters. The van der Waals surface area contributed by atoms with Gasteiger partial charge in [0, 0.05) is 0 Å². The zero-order valence-electron chi connectivity index (χ0n) is 6.25. The Morgan fingerprint density at radius 1 is 1.45 bits per heavy atom. The average molecular weight is 210 g/mol. The zero-order valence-corrected chi connectivity index (χ0v) is 8.67. The average Bonchev–Trinajstić information content (AvgIpc) is 2.32. The molecule has 11 heavy (non-hydrogen) atoms. The van der Waals surface area contributed by atoms with Gasteiger partial charge in [0.05, 0.1) is 0 Å². The molecule has 0 aliphatic heterocycles. The van der Waals surface area contributed by atoms with Crippen molar-refractivity contribution in [3.8, 4) is 0 Å². The zero-order chi connectivity index (χ0) is 7.84. The van der Waals surface area contributed by atoms with Crippen molar-refractivity contribution in [2.24, 2.45) is 0 Å². The molecule has 1 aliphatic rings. The summed E-state index contributed by atoms with van der Waals surface area (Å²) in [6, 6.07) is 6.35. The quantitative estimate of drug-likeness (QED) is 0.594. The monoisotopic (exact) mass is 210 g/mol. The van der Waals surface area contributed by atoms with Gasteiger partial charge in [0.2, 0.25) is 0 Å². The molecule has 0 radical (unpaired) electrons. The van der Waals surface area contributed by atoms with Crippen molar-refractivity contribution in [2.45, 2.75) is 18.9 Å². The van der Waals surface area contributed by atoms with Crippen LogP contribution in [-0.4, -0.2) is 22.0 Å². The number of aliphatic hydroxyl groups is 1. The fourth-order valence-corrected chi connectivity index (χ4v) is 2.24. The summed E-state index contributed by atoms with van der Waals surface area (Å²) < 4.78 is 1.35. The Hall–Kier alpha value is -0.262. The Kier molecular flexibility index (Phi) is 1.78. The summed E-state index contributed by atoms with van der Waals surface area (Å²) >= 11 is 1.65. The van der Waals surface area contributed by atoms with Crippen LogP contribution in [0.3, 0.4) is 0 Å². The third-order valence-corrected chi connectivity index (χ3v) is 2.97. The van der Waals surface area contributed by atoms with E-state index in [1.54, 1.807) is 16.9 Å². The van der Waals surface area contributed by atoms with Gasteiger partial charge >= 0.3 is 74.6 Å². The molecular formula is C9H11AsO. The molecule has 2 heteroatoms. The molecule has 1 aromatic rings. The van der Waals surface area contributed by atoms with Crippen LogP contribution in [0.2, 0.25) is 0 Å². The van der Waals surface area contributed by atoms with Gasteiger partial charge in [-0.3, -0.25) is 0 Å². The number of aryl methyl sites for hydroxylation is 1. The molecule has 1 aromatic carbocycles. The van der Waals surface area contributed by atoms with E-state index in [2.05, 4.69) is 18.2 Å². The van der Waals surface area contributed by atoms with E-state index in [-0.39, 0.29) is 6.10 Å². The summed E-state index contributed by atoms with van der Waals surface area (Å²) in [7, 11) is 0. The number of fused-ring (bicyclic) bond motifs is 1. The number of hydrogen-bond donors (Lipinski definition) is 1. The van der Waals surface area contributed by atoms with Crippen molar-refractivity contribution in [3.05, 3.63) is 29.3 Å². The van der Waals surface area contributed by atoms with Crippen LogP contribution in [0.4, 0.5) is 0 Å². The SMILES string of the molecule is OC1CCc2cc([AsH2])ccc21. The summed E-state index contributed by atoms with van der Waals surface area (Å²) in [6.45, 7) is 0. The van der Waals surface area contributed by atoms with Crippen molar-refractivity contribution in [1.82, 2.24) is 0 Å². The van der Waals surface area contributed by atoms with Gasteiger partial charge in [0.25, 0.3) is 0 Å². The van der Waals surface area contributed by atoms with Crippen LogP contribution in [0.5, 0.6) is 0 Å². The van der Waals surface area contributed by atoms with Gasteiger partial charge in [-0.05, 0) is 0 Å². The fraction of sp³-hybridized carbons (Fsp3) is 0.333. The first-order valence-corrected chi connectivity index (χ1v) is 5.05. The van der Waals surface area contributed by atoms with Crippen LogP contribution in [-0.2, 0) is 6.42 Å². The van der Waals surface area contributed by atoms with Gasteiger partial charge < -0.3 is 0 Å². The third kappa shape index (κ3) is 1.23. The van der Waals surface area contributed by atoms with E-state index >= 15 is 0 Å². The van der Waals surface area contributed by atoms with Crippen molar-refractivity contribution in [3.63, 3.8) is 0 Å². The number of aliphatic hydroxyl groups excluding tert-OH is 1. The second-order valence-electron chi connectivity index (χ2n) is 3.01. The first-order chi connectivity index (χ1) is 5.27. The standard InChI is InChI=1S/C9H11AsO/c10-7-2-3-8-6(5-7)1-4-9(8)11/h2-3,5,9,11H,1,4,10H2. The van der Waals surface area contributed by atoms with Crippen LogP contribution < -0.4 is 4.35 Å². The maximum atomic E-state index is 9.48. The minimum absolute atomic E-state index is 0.196. The Bertz CT molecular complexity index is 283. The molecule has 0 saturated heterocycles. The molecule has 0 aromatic heterocycles. The van der Waals surface area contributed by atoms with Gasteiger partial charge in [-0.25, -0.2) is 0 Å². The molecule has 1 nitrogen and oxygen atoms in total. The van der Waals surface area contributed by atoms with E-state index in [0.717, 1.165) is 18.4 Å². The summed E-state index contributed by atoms with van der Waals surface area (Å²) in [6.07, 6.45) is 1.76. The minimum atomic E-state index is -0.196. The van der Waals surface area contributed by atoms with Crippen LogP contribution in [0, 0.1) is 0 Å². The first-order valence-electron chi connectivity index (χ1n) is 3.84. The molecule has 1 N–H and O–H groups in total. The van der Waals surface area contributed by atoms with Crippen LogP contribution in [0.25, 0.3) is 0 Å². The number of rotatable bonds is 0. The van der Waals surface area contributed by atoms with E-state index in [1.807, 2.05) is 0 Å². The van der Waals surface area contributed by atoms with Gasteiger partial charge in [-0.15, -0.1) is 0 Å². The van der Waals surface area contributed by atoms with Crippen molar-refractivity contribution in [2.75, 3.05) is 0 Å². The molecule has 0 spiro atoms. The predicted molar refractivity (Wildman–Crippen MR) is 47.9 cm³/mol. The molecule has 2 atom stereocenters. The van der Waals surface area contributed by atoms with Crippen molar-refractivity contribution in [1.29, 1.82) is 0 Å². The predicted octanol–water partition coefficient (Wildman–Crippen LogP) is -0.0754. The third-order valence-electron chi connectivity index (χ3n) is 2.21. The van der Waals surface area contributed by atoms with Gasteiger partial charge in [-0.1, -0.05) is 0 Å². The molecule has 0 amide bonds. The second-order valence-corrected chi connectivity index (χ2v) is 4.41. The molecular weight excluding hydrogens is 199 g/mol. The molecule has 2 rings (SSSR count). The molecule has 0 heterocycles. The van der Waals surface area contributed by atoms with Gasteiger partial charge in [0.1, 0.15) is 0 Å². The summed E-state index contributed by atoms with van der Waals surface area (Å²) in [5.41, 5.74) is 2.49. The van der Waals surface area contributed by atoms with E-state index in [9.17, 15) is 5.11 Å². The van der Waals surface area contributed by atoms with Gasteiger partial charge in [0.15, 0.2) is 0 Å². The first kappa shape index (κ1) is 7.39. The fourth-order valence-electron chi connectivity index (χ4n) is 1.61. The van der Waals surface area contributed by atoms with Crippen LogP contribution >= 0.6 is 0 Å². The Balaban J connectivity index is 2.50. The Labute approximate surface area is 74.9 Å². The Morgan fingerprint density at radius 3 is 3.09 bits per heavy atom. The van der Waals surface area contributed by atoms with E-state index in [4.69, 9.17) is 0 Å². The summed E-state index contributed by atoms with van der Waals surface area (Å²) in [5.74, 6) is 0. The number of hydrogen-bond acceptors (Lipinski definition) is 1. The molecule has 0 saturated carbocycles. The van der Waals surface area contributed by atoms with Crippen LogP contribution in [0.15, 0.2) is 18.2 Å². The van der Waals surface area contributed by atoms with E-state index in [1.165, 1.54) is 9.91 Å². The normalized spacial score (nSPS) is 21.8. The summed E-state index contributed by atoms with van der Waals surface area (Å²) in [5, 5.41) is 9.48. The van der Waals surface area contributed by atoms with Gasteiger partial charge in [-0.2, -0.15) is 0 Å². The molecule has 1 aliphatic carbocycles. The Morgan fingerprint density at radius 2 is 2.27 bits per heavy atom. The molecule has 58 valence electrons. The molecule has 0 fully saturated rings. The van der Waals surface area contributed by atoms with E-state index < -0.39 is 0 Å². The second kappa shape index (κ2) is 2.65. The molecule has 0 bridgehead atoms. The maximum absolute atomic E-state index is 9.48. The van der Waals surface area contributed by atoms with Crippen LogP contribution in [0.1, 0.15) is 23.7 Å².